The number of rotatable bonds is 3. The summed E-state index contributed by atoms with van der Waals surface area (Å²) in [4.78, 5) is 0. The van der Waals surface area contributed by atoms with Gasteiger partial charge in [-0.2, -0.15) is 5.26 Å². The van der Waals surface area contributed by atoms with Gasteiger partial charge in [0.05, 0.1) is 17.2 Å². The van der Waals surface area contributed by atoms with E-state index in [2.05, 4.69) is 22.0 Å². The molecule has 1 aromatic carbocycles. The van der Waals surface area contributed by atoms with E-state index in [1.165, 1.54) is 0 Å². The lowest BCUT2D eigenvalue weighted by molar-refractivity contribution is 0.594. The Morgan fingerprint density at radius 1 is 1.35 bits per heavy atom. The molecule has 1 saturated carbocycles. The Bertz CT molecular complexity index is 559. The van der Waals surface area contributed by atoms with Gasteiger partial charge >= 0.3 is 0 Å². The predicted octanol–water partition coefficient (Wildman–Crippen LogP) is 2.49. The molecule has 5 heteroatoms. The number of nitrogens with zero attached hydrogens (tertiary/aromatic N) is 1. The van der Waals surface area contributed by atoms with Gasteiger partial charge in [-0.25, -0.2) is 8.42 Å². The molecule has 0 aliphatic heterocycles. The van der Waals surface area contributed by atoms with E-state index in [1.807, 2.05) is 24.3 Å². The van der Waals surface area contributed by atoms with Crippen molar-refractivity contribution in [1.82, 2.24) is 0 Å². The Hall–Kier alpha value is -0.860. The van der Waals surface area contributed by atoms with Crippen LogP contribution in [0.4, 0.5) is 0 Å². The highest BCUT2D eigenvalue weighted by Crippen LogP contribution is 2.52. The van der Waals surface area contributed by atoms with E-state index >= 15 is 0 Å². The lowest BCUT2D eigenvalue weighted by atomic mass is 10.1. The van der Waals surface area contributed by atoms with Crippen LogP contribution in [0.2, 0.25) is 0 Å². The molecule has 3 nitrogen and oxygen atoms in total. The van der Waals surface area contributed by atoms with Crippen LogP contribution in [0.1, 0.15) is 18.4 Å². The lowest BCUT2D eigenvalue weighted by Gasteiger charge is -2.00. The molecule has 17 heavy (non-hydrogen) atoms. The minimum absolute atomic E-state index is 0.100. The number of nitriles is 1. The van der Waals surface area contributed by atoms with Gasteiger partial charge in [0, 0.05) is 16.1 Å². The van der Waals surface area contributed by atoms with Crippen LogP contribution >= 0.6 is 15.9 Å². The van der Waals surface area contributed by atoms with Gasteiger partial charge in [-0.05, 0) is 17.7 Å². The lowest BCUT2D eigenvalue weighted by Crippen LogP contribution is -2.12. The zero-order chi connectivity index (χ0) is 12.6. The van der Waals surface area contributed by atoms with E-state index in [1.54, 1.807) is 6.92 Å². The molecule has 2 rings (SSSR count). The highest BCUT2D eigenvalue weighted by Gasteiger charge is 2.58. The van der Waals surface area contributed by atoms with Gasteiger partial charge in [0.25, 0.3) is 0 Å². The van der Waals surface area contributed by atoms with Gasteiger partial charge in [0.15, 0.2) is 9.84 Å². The Balaban J connectivity index is 2.30. The number of halogens is 1. The summed E-state index contributed by atoms with van der Waals surface area (Å²) >= 11 is 3.33. The first kappa shape index (κ1) is 12.6. The number of hydrogen-bond donors (Lipinski definition) is 0. The van der Waals surface area contributed by atoms with Crippen molar-refractivity contribution in [3.63, 3.8) is 0 Å². The Morgan fingerprint density at radius 3 is 2.41 bits per heavy atom. The van der Waals surface area contributed by atoms with Crippen LogP contribution in [-0.4, -0.2) is 19.4 Å². The van der Waals surface area contributed by atoms with Gasteiger partial charge in [0.2, 0.25) is 0 Å². The fourth-order valence-corrected chi connectivity index (χ4v) is 4.17. The van der Waals surface area contributed by atoms with Gasteiger partial charge in [-0.1, -0.05) is 35.0 Å². The van der Waals surface area contributed by atoms with Crippen LogP contribution in [0, 0.1) is 17.2 Å². The second-order valence-corrected chi connectivity index (χ2v) is 7.51. The molecule has 3 unspecified atom stereocenters. The SMILES string of the molecule is CCS(=O)(=O)C1C(C#N)C1c1ccc(Br)cc1. The predicted molar refractivity (Wildman–Crippen MR) is 69.2 cm³/mol. The zero-order valence-corrected chi connectivity index (χ0v) is 11.7. The van der Waals surface area contributed by atoms with E-state index in [0.29, 0.717) is 0 Å². The average Bonchev–Trinajstić information content (AvgIpc) is 3.05. The summed E-state index contributed by atoms with van der Waals surface area (Å²) in [6.07, 6.45) is 0. The van der Waals surface area contributed by atoms with Gasteiger partial charge in [-0.15, -0.1) is 0 Å². The van der Waals surface area contributed by atoms with E-state index in [-0.39, 0.29) is 17.6 Å². The molecule has 1 aromatic rings. The molecule has 0 aromatic heterocycles. The first-order valence-electron chi connectivity index (χ1n) is 5.38. The second kappa shape index (κ2) is 4.43. The van der Waals surface area contributed by atoms with Crippen molar-refractivity contribution in [1.29, 1.82) is 5.26 Å². The Morgan fingerprint density at radius 2 is 1.94 bits per heavy atom. The van der Waals surface area contributed by atoms with Gasteiger partial charge in [0.1, 0.15) is 0 Å². The summed E-state index contributed by atoms with van der Waals surface area (Å²) in [5.41, 5.74) is 0.932. The van der Waals surface area contributed by atoms with Crippen LogP contribution < -0.4 is 0 Å². The first-order chi connectivity index (χ1) is 8.01. The maximum Gasteiger partial charge on any atom is 0.154 e. The third-order valence-electron chi connectivity index (χ3n) is 3.17. The molecule has 0 spiro atoms. The van der Waals surface area contributed by atoms with Crippen molar-refractivity contribution < 1.29 is 8.42 Å². The molecule has 90 valence electrons. The molecule has 1 aliphatic carbocycles. The standard InChI is InChI=1S/C12H12BrNO2S/c1-2-17(15,16)12-10(7-14)11(12)8-3-5-9(13)6-4-8/h3-6,10-12H,2H2,1H3. The highest BCUT2D eigenvalue weighted by molar-refractivity contribution is 9.10. The van der Waals surface area contributed by atoms with Crippen molar-refractivity contribution in [2.45, 2.75) is 18.1 Å². The number of hydrogen-bond acceptors (Lipinski definition) is 3. The van der Waals surface area contributed by atoms with E-state index in [0.717, 1.165) is 10.0 Å². The van der Waals surface area contributed by atoms with Crippen LogP contribution in [0.5, 0.6) is 0 Å². The fraction of sp³-hybridized carbons (Fsp3) is 0.417. The summed E-state index contributed by atoms with van der Waals surface area (Å²) in [7, 11) is -3.13. The minimum Gasteiger partial charge on any atom is -0.228 e. The third-order valence-corrected chi connectivity index (χ3v) is 5.92. The van der Waals surface area contributed by atoms with E-state index in [9.17, 15) is 8.42 Å². The smallest absolute Gasteiger partial charge is 0.154 e. The molecular formula is C12H12BrNO2S. The fourth-order valence-electron chi connectivity index (χ4n) is 2.16. The maximum absolute atomic E-state index is 11.8. The monoisotopic (exact) mass is 313 g/mol. The molecule has 0 amide bonds. The largest absolute Gasteiger partial charge is 0.228 e. The second-order valence-electron chi connectivity index (χ2n) is 4.15. The topological polar surface area (TPSA) is 57.9 Å². The van der Waals surface area contributed by atoms with E-state index in [4.69, 9.17) is 5.26 Å². The summed E-state index contributed by atoms with van der Waals surface area (Å²) in [6, 6.07) is 9.61. The molecule has 0 heterocycles. The quantitative estimate of drug-likeness (QED) is 0.861. The first-order valence-corrected chi connectivity index (χ1v) is 7.88. The van der Waals surface area contributed by atoms with Crippen molar-refractivity contribution in [3.8, 4) is 6.07 Å². The molecule has 0 bridgehead atoms. The summed E-state index contributed by atoms with van der Waals surface area (Å²) in [5.74, 6) is -0.442. The van der Waals surface area contributed by atoms with Crippen molar-refractivity contribution in [2.75, 3.05) is 5.75 Å². The molecule has 0 radical (unpaired) electrons. The molecule has 0 saturated heterocycles. The average molecular weight is 314 g/mol. The van der Waals surface area contributed by atoms with Crippen LogP contribution in [0.3, 0.4) is 0 Å². The number of sulfone groups is 1. The molecule has 1 fully saturated rings. The molecular weight excluding hydrogens is 302 g/mol. The zero-order valence-electron chi connectivity index (χ0n) is 9.30. The Kier molecular flexibility index (Phi) is 3.28. The summed E-state index contributed by atoms with van der Waals surface area (Å²) in [6.45, 7) is 1.63. The third kappa shape index (κ3) is 2.24. The van der Waals surface area contributed by atoms with Gasteiger partial charge < -0.3 is 0 Å². The molecule has 0 N–H and O–H groups in total. The Labute approximate surface area is 110 Å². The molecule has 3 atom stereocenters. The van der Waals surface area contributed by atoms with Crippen molar-refractivity contribution in [2.24, 2.45) is 5.92 Å². The highest BCUT2D eigenvalue weighted by atomic mass is 79.9. The van der Waals surface area contributed by atoms with E-state index < -0.39 is 15.1 Å². The number of benzene rings is 1. The minimum atomic E-state index is -3.13. The van der Waals surface area contributed by atoms with Crippen LogP contribution in [0.15, 0.2) is 28.7 Å². The summed E-state index contributed by atoms with van der Waals surface area (Å²) in [5, 5.41) is 8.48. The molecule has 1 aliphatic rings. The van der Waals surface area contributed by atoms with Crippen LogP contribution in [0.25, 0.3) is 0 Å². The van der Waals surface area contributed by atoms with Crippen molar-refractivity contribution in [3.05, 3.63) is 34.3 Å². The van der Waals surface area contributed by atoms with Crippen molar-refractivity contribution >= 4 is 25.8 Å². The van der Waals surface area contributed by atoms with Crippen LogP contribution in [-0.2, 0) is 9.84 Å². The summed E-state index contributed by atoms with van der Waals surface area (Å²) < 4.78 is 24.6. The van der Waals surface area contributed by atoms with Gasteiger partial charge in [-0.3, -0.25) is 0 Å². The normalized spacial score (nSPS) is 27.5. The maximum atomic E-state index is 11.8.